The van der Waals surface area contributed by atoms with Gasteiger partial charge in [0.05, 0.1) is 5.88 Å². The molecule has 1 spiro atoms. The molecule has 61 heavy (non-hydrogen) atoms. The fraction of sp³-hybridized carbons (Fsp3) is 0.465. The molecule has 17 nitrogen and oxygen atoms in total. The van der Waals surface area contributed by atoms with Crippen LogP contribution in [0, 0.1) is 0 Å². The van der Waals surface area contributed by atoms with Gasteiger partial charge in [0.15, 0.2) is 5.96 Å². The highest BCUT2D eigenvalue weighted by molar-refractivity contribution is 7.99. The van der Waals surface area contributed by atoms with E-state index in [1.807, 2.05) is 54.7 Å². The van der Waals surface area contributed by atoms with Crippen LogP contribution in [0.1, 0.15) is 62.5 Å². The smallest absolute Gasteiger partial charge is 0.246 e. The summed E-state index contributed by atoms with van der Waals surface area (Å²) in [4.78, 5) is 101. The Bertz CT molecular complexity index is 2350. The summed E-state index contributed by atoms with van der Waals surface area (Å²) in [7, 11) is 0. The molecule has 18 heteroatoms. The zero-order valence-electron chi connectivity index (χ0n) is 33.9. The fourth-order valence-corrected chi connectivity index (χ4v) is 10.5. The molecule has 322 valence electrons. The van der Waals surface area contributed by atoms with Crippen LogP contribution in [-0.4, -0.2) is 122 Å². The molecular formula is C43H53N11O6S. The van der Waals surface area contributed by atoms with Crippen LogP contribution in [0.15, 0.2) is 65.9 Å². The number of H-pyrrole nitrogens is 2. The number of hydrogen-bond donors (Lipinski definition) is 8. The monoisotopic (exact) mass is 851 g/mol. The highest BCUT2D eigenvalue weighted by Crippen LogP contribution is 2.32. The van der Waals surface area contributed by atoms with Crippen LogP contribution in [-0.2, 0) is 41.6 Å². The van der Waals surface area contributed by atoms with E-state index >= 15 is 0 Å². The number of nitrogens with one attached hydrogen (secondary N) is 6. The van der Waals surface area contributed by atoms with E-state index in [-0.39, 0.29) is 50.1 Å². The molecule has 8 rings (SSSR count). The van der Waals surface area contributed by atoms with Crippen molar-refractivity contribution in [2.75, 3.05) is 24.7 Å². The maximum Gasteiger partial charge on any atom is 0.246 e. The second-order valence-electron chi connectivity index (χ2n) is 16.5. The predicted molar refractivity (Wildman–Crippen MR) is 232 cm³/mol. The largest absolute Gasteiger partial charge is 0.370 e. The number of nitrogens with two attached hydrogens (primary N) is 2. The van der Waals surface area contributed by atoms with E-state index in [9.17, 15) is 28.8 Å². The Hall–Kier alpha value is -6.04. The minimum absolute atomic E-state index is 0.0681. The standard InChI is InChI=1S/C43H53N11O6S/c44-42(45)46-17-7-13-31-39(58)53-18-8-14-34(53)40(59)54-24-61-23-35(54)38(57)50-33(20-26-22-48-30-12-4-2-10-28(26)30)37(56)52-43(15-5-6-16-43)41(60)51-32(36(55)49-31)19-25-21-47-29-11-3-1-9-27(25)29/h1-4,9-12,21-22,31-35,47-48H,5-8,13-20,23-24H2,(H,49,55)(H,50,57)(H,51,60)(H,52,56)(H4,44,45,46)/t31-,32-,33-,34+,35+/m0/s1. The molecular weight excluding hydrogens is 799 g/mol. The molecule has 1 aliphatic carbocycles. The highest BCUT2D eigenvalue weighted by Gasteiger charge is 2.48. The molecule has 3 saturated heterocycles. The molecule has 4 aromatic rings. The summed E-state index contributed by atoms with van der Waals surface area (Å²) in [5.41, 5.74) is 13.0. The summed E-state index contributed by atoms with van der Waals surface area (Å²) in [5.74, 6) is -2.56. The Morgan fingerprint density at radius 1 is 0.721 bits per heavy atom. The molecule has 1 saturated carbocycles. The lowest BCUT2D eigenvalue weighted by Gasteiger charge is -2.35. The number of fused-ring (bicyclic) bond motifs is 4. The van der Waals surface area contributed by atoms with Gasteiger partial charge in [-0.15, -0.1) is 11.8 Å². The second-order valence-corrected chi connectivity index (χ2v) is 17.5. The van der Waals surface area contributed by atoms with Gasteiger partial charge in [-0.1, -0.05) is 49.2 Å². The van der Waals surface area contributed by atoms with Crippen molar-refractivity contribution in [2.24, 2.45) is 16.5 Å². The summed E-state index contributed by atoms with van der Waals surface area (Å²) in [6.07, 6.45) is 7.09. The highest BCUT2D eigenvalue weighted by atomic mass is 32.2. The zero-order valence-corrected chi connectivity index (χ0v) is 34.7. The number of nitrogens with zero attached hydrogens (tertiary/aromatic N) is 3. The minimum atomic E-state index is -1.40. The van der Waals surface area contributed by atoms with E-state index in [0.717, 1.165) is 32.9 Å². The van der Waals surface area contributed by atoms with Gasteiger partial charge in [0.1, 0.15) is 35.7 Å². The van der Waals surface area contributed by atoms with Gasteiger partial charge in [-0.2, -0.15) is 0 Å². The number of amides is 6. The van der Waals surface area contributed by atoms with Gasteiger partial charge >= 0.3 is 0 Å². The van der Waals surface area contributed by atoms with Gasteiger partial charge in [-0.3, -0.25) is 33.8 Å². The van der Waals surface area contributed by atoms with E-state index in [0.29, 0.717) is 50.7 Å². The van der Waals surface area contributed by atoms with Gasteiger partial charge < -0.3 is 52.5 Å². The molecule has 10 N–H and O–H groups in total. The van der Waals surface area contributed by atoms with E-state index in [2.05, 4.69) is 36.2 Å². The molecule has 0 unspecified atom stereocenters. The number of aliphatic imine (C=N–C) groups is 1. The van der Waals surface area contributed by atoms with Gasteiger partial charge in [0.2, 0.25) is 35.4 Å². The van der Waals surface area contributed by atoms with Gasteiger partial charge in [0.25, 0.3) is 0 Å². The number of hydrogen-bond acceptors (Lipinski definition) is 8. The van der Waals surface area contributed by atoms with E-state index < -0.39 is 65.3 Å². The minimum Gasteiger partial charge on any atom is -0.370 e. The molecule has 2 aromatic carbocycles. The third-order valence-corrected chi connectivity index (χ3v) is 13.6. The number of guanidine groups is 1. The zero-order chi connectivity index (χ0) is 42.7. The van der Waals surface area contributed by atoms with Crippen LogP contribution in [0.25, 0.3) is 21.8 Å². The number of carbonyl (C=O) groups excluding carboxylic acids is 6. The normalized spacial score (nSPS) is 25.1. The summed E-state index contributed by atoms with van der Waals surface area (Å²) in [5, 5.41) is 13.8. The molecule has 5 heterocycles. The summed E-state index contributed by atoms with van der Waals surface area (Å²) >= 11 is 1.42. The van der Waals surface area contributed by atoms with Crippen molar-refractivity contribution in [3.05, 3.63) is 72.1 Å². The topological polar surface area (TPSA) is 253 Å². The van der Waals surface area contributed by atoms with Crippen molar-refractivity contribution < 1.29 is 28.8 Å². The van der Waals surface area contributed by atoms with Crippen molar-refractivity contribution >= 4 is 75.0 Å². The van der Waals surface area contributed by atoms with Gasteiger partial charge in [0, 0.05) is 65.9 Å². The second kappa shape index (κ2) is 17.9. The van der Waals surface area contributed by atoms with Crippen molar-refractivity contribution in [2.45, 2.75) is 100.0 Å². The van der Waals surface area contributed by atoms with E-state index in [1.54, 1.807) is 6.20 Å². The number of thioether (sulfide) groups is 1. The van der Waals surface area contributed by atoms with Crippen molar-refractivity contribution in [1.82, 2.24) is 41.0 Å². The van der Waals surface area contributed by atoms with Crippen LogP contribution in [0.5, 0.6) is 0 Å². The lowest BCUT2D eigenvalue weighted by Crippen LogP contribution is -2.65. The van der Waals surface area contributed by atoms with Crippen LogP contribution >= 0.6 is 11.8 Å². The molecule has 5 atom stereocenters. The first-order valence-electron chi connectivity index (χ1n) is 21.1. The summed E-state index contributed by atoms with van der Waals surface area (Å²) < 4.78 is 0. The maximum atomic E-state index is 14.8. The first-order valence-corrected chi connectivity index (χ1v) is 22.2. The van der Waals surface area contributed by atoms with Crippen molar-refractivity contribution in [3.63, 3.8) is 0 Å². The molecule has 4 aliphatic rings. The average Bonchev–Trinajstić information content (AvgIpc) is 4.12. The Morgan fingerprint density at radius 3 is 2.00 bits per heavy atom. The third-order valence-electron chi connectivity index (χ3n) is 12.6. The quantitative estimate of drug-likeness (QED) is 0.0721. The van der Waals surface area contributed by atoms with Crippen LogP contribution in [0.2, 0.25) is 0 Å². The van der Waals surface area contributed by atoms with Gasteiger partial charge in [-0.25, -0.2) is 0 Å². The van der Waals surface area contributed by atoms with Crippen molar-refractivity contribution in [1.29, 1.82) is 0 Å². The molecule has 3 aliphatic heterocycles. The fourth-order valence-electron chi connectivity index (χ4n) is 9.32. The molecule has 2 aromatic heterocycles. The Morgan fingerprint density at radius 2 is 1.34 bits per heavy atom. The Balaban J connectivity index is 1.17. The predicted octanol–water partition coefficient (Wildman–Crippen LogP) is 1.28. The number of benzene rings is 2. The molecule has 0 radical (unpaired) electrons. The molecule has 6 amide bonds. The number of aromatic amines is 2. The lowest BCUT2D eigenvalue weighted by molar-refractivity contribution is -0.148. The number of aromatic nitrogens is 2. The van der Waals surface area contributed by atoms with Crippen molar-refractivity contribution in [3.8, 4) is 0 Å². The SMILES string of the molecule is NC(N)=NCCC[C@@H]1NC(=O)[C@H](Cc2c[nH]c3ccccc23)NC(=O)C2(CCCC2)NC(=O)[C@H](Cc2c[nH]c3ccccc23)NC(=O)[C@H]2CSCN2C(=O)[C@H]2CCCN2C1=O. The third kappa shape index (κ3) is 8.76. The summed E-state index contributed by atoms with van der Waals surface area (Å²) in [6.45, 7) is 0.476. The molecule has 0 bridgehead atoms. The molecule has 4 fully saturated rings. The van der Waals surface area contributed by atoms with Gasteiger partial charge in [-0.05, 0) is 61.8 Å². The first kappa shape index (κ1) is 41.7. The van der Waals surface area contributed by atoms with Crippen LogP contribution in [0.4, 0.5) is 0 Å². The first-order chi connectivity index (χ1) is 29.5. The van der Waals surface area contributed by atoms with Crippen LogP contribution in [0.3, 0.4) is 0 Å². The number of para-hydroxylation sites is 2. The average molecular weight is 852 g/mol. The summed E-state index contributed by atoms with van der Waals surface area (Å²) in [6, 6.07) is 10.1. The lowest BCUT2D eigenvalue weighted by atomic mass is 9.93. The number of carbonyl (C=O) groups is 6. The Kier molecular flexibility index (Phi) is 12.2. The Labute approximate surface area is 356 Å². The van der Waals surface area contributed by atoms with Crippen LogP contribution < -0.4 is 32.7 Å². The number of rotatable bonds is 8. The van der Waals surface area contributed by atoms with E-state index in [1.165, 1.54) is 21.6 Å². The van der Waals surface area contributed by atoms with E-state index in [4.69, 9.17) is 11.5 Å². The maximum absolute atomic E-state index is 14.8.